The maximum atomic E-state index is 11.7. The highest BCUT2D eigenvalue weighted by Gasteiger charge is 2.09. The van der Waals surface area contributed by atoms with Crippen molar-refractivity contribution in [1.82, 2.24) is 10.3 Å². The van der Waals surface area contributed by atoms with Gasteiger partial charge in [0, 0.05) is 5.39 Å². The molecule has 0 aliphatic carbocycles. The van der Waals surface area contributed by atoms with Gasteiger partial charge in [0.15, 0.2) is 0 Å². The summed E-state index contributed by atoms with van der Waals surface area (Å²) in [5.74, 6) is 2.00. The number of aromatic nitrogens is 1. The van der Waals surface area contributed by atoms with Crippen LogP contribution in [0.4, 0.5) is 0 Å². The third kappa shape index (κ3) is 2.38. The van der Waals surface area contributed by atoms with Gasteiger partial charge in [-0.25, -0.2) is 4.98 Å². The number of pyridine rings is 1. The number of benzene rings is 1. The van der Waals surface area contributed by atoms with E-state index in [-0.39, 0.29) is 18.1 Å². The molecule has 0 saturated carbocycles. The number of halogens is 1. The first-order valence-corrected chi connectivity index (χ1v) is 5.37. The van der Waals surface area contributed by atoms with Crippen LogP contribution in [-0.2, 0) is 0 Å². The Labute approximate surface area is 104 Å². The lowest BCUT2D eigenvalue weighted by Gasteiger charge is -2.04. The van der Waals surface area contributed by atoms with Gasteiger partial charge in [0.05, 0.1) is 6.54 Å². The molecular weight excluding hydrogens is 236 g/mol. The lowest BCUT2D eigenvalue weighted by molar-refractivity contribution is 0.0954. The molecule has 84 valence electrons. The zero-order valence-corrected chi connectivity index (χ0v) is 9.66. The molecule has 0 bridgehead atoms. The molecule has 2 rings (SSSR count). The van der Waals surface area contributed by atoms with Gasteiger partial charge >= 0.3 is 0 Å². The van der Waals surface area contributed by atoms with Gasteiger partial charge in [0.2, 0.25) is 0 Å². The minimum atomic E-state index is -0.324. The second kappa shape index (κ2) is 4.86. The van der Waals surface area contributed by atoms with Crippen molar-refractivity contribution in [2.24, 2.45) is 0 Å². The van der Waals surface area contributed by atoms with E-state index >= 15 is 0 Å². The van der Waals surface area contributed by atoms with Crippen LogP contribution >= 0.6 is 11.6 Å². The van der Waals surface area contributed by atoms with E-state index in [0.717, 1.165) is 10.8 Å². The highest BCUT2D eigenvalue weighted by atomic mass is 35.5. The molecule has 3 nitrogen and oxygen atoms in total. The first-order valence-electron chi connectivity index (χ1n) is 4.99. The van der Waals surface area contributed by atoms with Crippen molar-refractivity contribution >= 4 is 28.3 Å². The fourth-order valence-electron chi connectivity index (χ4n) is 1.49. The Bertz CT molecular complexity index is 616. The largest absolute Gasteiger partial charge is 0.340 e. The third-order valence-corrected chi connectivity index (χ3v) is 2.57. The molecule has 17 heavy (non-hydrogen) atoms. The zero-order chi connectivity index (χ0) is 12.3. The highest BCUT2D eigenvalue weighted by Crippen LogP contribution is 2.22. The smallest absolute Gasteiger partial charge is 0.270 e. The molecular formula is C13H9ClN2O. The summed E-state index contributed by atoms with van der Waals surface area (Å²) >= 11 is 6.01. The van der Waals surface area contributed by atoms with Crippen molar-refractivity contribution in [2.45, 2.75) is 0 Å². The van der Waals surface area contributed by atoms with E-state index in [9.17, 15) is 4.79 Å². The van der Waals surface area contributed by atoms with E-state index in [2.05, 4.69) is 16.2 Å². The van der Waals surface area contributed by atoms with Gasteiger partial charge in [-0.15, -0.1) is 6.42 Å². The first-order chi connectivity index (χ1) is 8.22. The number of fused-ring (bicyclic) bond motifs is 1. The van der Waals surface area contributed by atoms with Crippen LogP contribution in [0.15, 0.2) is 30.3 Å². The number of nitrogens with one attached hydrogen (secondary N) is 1. The predicted molar refractivity (Wildman–Crippen MR) is 67.9 cm³/mol. The van der Waals surface area contributed by atoms with E-state index in [4.69, 9.17) is 18.0 Å². The molecule has 0 spiro atoms. The number of hydrogen-bond acceptors (Lipinski definition) is 2. The topological polar surface area (TPSA) is 42.0 Å². The fraction of sp³-hybridized carbons (Fsp3) is 0.0769. The Morgan fingerprint density at radius 2 is 2.24 bits per heavy atom. The minimum Gasteiger partial charge on any atom is -0.340 e. The van der Waals surface area contributed by atoms with E-state index < -0.39 is 0 Å². The molecule has 0 unspecified atom stereocenters. The van der Waals surface area contributed by atoms with Crippen molar-refractivity contribution in [2.75, 3.05) is 6.54 Å². The standard InChI is InChI=1S/C13H9ClN2O/c1-2-7-15-13(17)11-8-9-5-3-4-6-10(9)12(14)16-11/h1,3-6,8H,7H2,(H,15,17). The third-order valence-electron chi connectivity index (χ3n) is 2.28. The van der Waals surface area contributed by atoms with Gasteiger partial charge in [-0.3, -0.25) is 4.79 Å². The van der Waals surface area contributed by atoms with Gasteiger partial charge < -0.3 is 5.32 Å². The highest BCUT2D eigenvalue weighted by molar-refractivity contribution is 6.34. The second-order valence-electron chi connectivity index (χ2n) is 3.41. The molecule has 1 amide bonds. The van der Waals surface area contributed by atoms with Crippen LogP contribution in [0.1, 0.15) is 10.5 Å². The van der Waals surface area contributed by atoms with Crippen molar-refractivity contribution in [3.05, 3.63) is 41.2 Å². The van der Waals surface area contributed by atoms with Crippen molar-refractivity contribution in [3.8, 4) is 12.3 Å². The van der Waals surface area contributed by atoms with Crippen LogP contribution in [0.3, 0.4) is 0 Å². The maximum absolute atomic E-state index is 11.7. The van der Waals surface area contributed by atoms with Gasteiger partial charge in [0.1, 0.15) is 10.8 Å². The SMILES string of the molecule is C#CCNC(=O)c1cc2ccccc2c(Cl)n1. The van der Waals surface area contributed by atoms with E-state index in [0.29, 0.717) is 5.15 Å². The van der Waals surface area contributed by atoms with Crippen LogP contribution in [0, 0.1) is 12.3 Å². The van der Waals surface area contributed by atoms with Crippen LogP contribution in [-0.4, -0.2) is 17.4 Å². The Hall–Kier alpha value is -2.05. The van der Waals surface area contributed by atoms with E-state index in [1.165, 1.54) is 0 Å². The molecule has 0 saturated heterocycles. The van der Waals surface area contributed by atoms with Gasteiger partial charge in [0.25, 0.3) is 5.91 Å². The van der Waals surface area contributed by atoms with Crippen LogP contribution in [0.25, 0.3) is 10.8 Å². The van der Waals surface area contributed by atoms with Gasteiger partial charge in [-0.1, -0.05) is 41.8 Å². The lowest BCUT2D eigenvalue weighted by Crippen LogP contribution is -2.24. The summed E-state index contributed by atoms with van der Waals surface area (Å²) in [6, 6.07) is 9.16. The number of terminal acetylenes is 1. The molecule has 1 N–H and O–H groups in total. The first kappa shape index (κ1) is 11.4. The Morgan fingerprint density at radius 3 is 3.00 bits per heavy atom. The molecule has 2 aromatic rings. The molecule has 0 radical (unpaired) electrons. The average molecular weight is 245 g/mol. The number of carbonyl (C=O) groups is 1. The molecule has 4 heteroatoms. The van der Waals surface area contributed by atoms with Crippen molar-refractivity contribution in [3.63, 3.8) is 0 Å². The van der Waals surface area contributed by atoms with Crippen molar-refractivity contribution in [1.29, 1.82) is 0 Å². The maximum Gasteiger partial charge on any atom is 0.270 e. The van der Waals surface area contributed by atoms with E-state index in [1.54, 1.807) is 6.07 Å². The normalized spacial score (nSPS) is 9.88. The number of carbonyl (C=O) groups excluding carboxylic acids is 1. The summed E-state index contributed by atoms with van der Waals surface area (Å²) < 4.78 is 0. The Morgan fingerprint density at radius 1 is 1.47 bits per heavy atom. The number of hydrogen-bond donors (Lipinski definition) is 1. The van der Waals surface area contributed by atoms with Gasteiger partial charge in [-0.2, -0.15) is 0 Å². The summed E-state index contributed by atoms with van der Waals surface area (Å²) in [5, 5.41) is 4.55. The summed E-state index contributed by atoms with van der Waals surface area (Å²) in [4.78, 5) is 15.7. The lowest BCUT2D eigenvalue weighted by atomic mass is 10.1. The summed E-state index contributed by atoms with van der Waals surface area (Å²) in [5.41, 5.74) is 0.268. The second-order valence-corrected chi connectivity index (χ2v) is 3.76. The molecule has 1 heterocycles. The summed E-state index contributed by atoms with van der Waals surface area (Å²) in [6.07, 6.45) is 5.06. The van der Waals surface area contributed by atoms with Crippen molar-refractivity contribution < 1.29 is 4.79 Å². The predicted octanol–water partition coefficient (Wildman–Crippen LogP) is 2.25. The minimum absolute atomic E-state index is 0.172. The fourth-order valence-corrected chi connectivity index (χ4v) is 1.76. The molecule has 0 aliphatic rings. The molecule has 0 fully saturated rings. The number of nitrogens with zero attached hydrogens (tertiary/aromatic N) is 1. The van der Waals surface area contributed by atoms with Gasteiger partial charge in [-0.05, 0) is 11.5 Å². The average Bonchev–Trinajstić information content (AvgIpc) is 2.36. The van der Waals surface area contributed by atoms with E-state index in [1.807, 2.05) is 24.3 Å². The van der Waals surface area contributed by atoms with Crippen LogP contribution in [0.2, 0.25) is 5.15 Å². The summed E-state index contributed by atoms with van der Waals surface area (Å²) in [7, 11) is 0. The quantitative estimate of drug-likeness (QED) is 0.650. The molecule has 1 aromatic carbocycles. The molecule has 0 atom stereocenters. The number of amides is 1. The van der Waals surface area contributed by atoms with Crippen LogP contribution in [0.5, 0.6) is 0 Å². The Kier molecular flexibility index (Phi) is 3.27. The summed E-state index contributed by atoms with van der Waals surface area (Å²) in [6.45, 7) is 0.172. The molecule has 1 aromatic heterocycles. The number of rotatable bonds is 2. The van der Waals surface area contributed by atoms with Crippen LogP contribution < -0.4 is 5.32 Å². The molecule has 0 aliphatic heterocycles. The monoisotopic (exact) mass is 244 g/mol. The zero-order valence-electron chi connectivity index (χ0n) is 8.90. The Balaban J connectivity index is 2.43.